The van der Waals surface area contributed by atoms with Crippen LogP contribution in [0.15, 0.2) is 72.8 Å². The lowest BCUT2D eigenvalue weighted by molar-refractivity contribution is 0.0734. The van der Waals surface area contributed by atoms with E-state index in [-0.39, 0.29) is 5.75 Å². The number of aryl methyl sites for hydroxylation is 1. The fourth-order valence-corrected chi connectivity index (χ4v) is 2.29. The molecule has 0 saturated carbocycles. The minimum Gasteiger partial charge on any atom is -0.508 e. The molecule has 0 amide bonds. The van der Waals surface area contributed by atoms with Crippen LogP contribution in [0.4, 0.5) is 0 Å². The van der Waals surface area contributed by atoms with E-state index >= 15 is 0 Å². The van der Waals surface area contributed by atoms with Gasteiger partial charge in [-0.3, -0.25) is 0 Å². The summed E-state index contributed by atoms with van der Waals surface area (Å²) >= 11 is 0. The second-order valence-corrected chi connectivity index (χ2v) is 5.28. The van der Waals surface area contributed by atoms with Crippen molar-refractivity contribution in [3.8, 4) is 22.6 Å². The highest BCUT2D eigenvalue weighted by atomic mass is 16.5. The van der Waals surface area contributed by atoms with Gasteiger partial charge in [0.2, 0.25) is 0 Å². The molecule has 1 N–H and O–H groups in total. The lowest BCUT2D eigenvalue weighted by Gasteiger charge is -2.07. The zero-order chi connectivity index (χ0) is 16.2. The van der Waals surface area contributed by atoms with Crippen molar-refractivity contribution in [3.05, 3.63) is 83.9 Å². The molecule has 0 bridgehead atoms. The molecule has 0 saturated heterocycles. The largest absolute Gasteiger partial charge is 0.508 e. The normalized spacial score (nSPS) is 10.3. The van der Waals surface area contributed by atoms with E-state index in [9.17, 15) is 9.90 Å². The molecule has 23 heavy (non-hydrogen) atoms. The van der Waals surface area contributed by atoms with E-state index in [4.69, 9.17) is 4.74 Å². The number of hydrogen-bond donors (Lipinski definition) is 1. The number of ether oxygens (including phenoxy) is 1. The molecule has 0 spiro atoms. The molecule has 3 nitrogen and oxygen atoms in total. The number of phenols is 1. The van der Waals surface area contributed by atoms with E-state index in [1.165, 1.54) is 6.07 Å². The van der Waals surface area contributed by atoms with E-state index in [1.54, 1.807) is 31.2 Å². The number of rotatable bonds is 3. The molecule has 0 aliphatic rings. The Labute approximate surface area is 134 Å². The zero-order valence-electron chi connectivity index (χ0n) is 12.7. The maximum atomic E-state index is 12.1. The Kier molecular flexibility index (Phi) is 4.11. The molecular weight excluding hydrogens is 288 g/mol. The van der Waals surface area contributed by atoms with E-state index in [0.29, 0.717) is 16.9 Å². The summed E-state index contributed by atoms with van der Waals surface area (Å²) in [6.45, 7) is 1.74. The van der Waals surface area contributed by atoms with Gasteiger partial charge in [-0.05, 0) is 53.9 Å². The monoisotopic (exact) mass is 304 g/mol. The van der Waals surface area contributed by atoms with Gasteiger partial charge in [0, 0.05) is 0 Å². The summed E-state index contributed by atoms with van der Waals surface area (Å²) in [4.78, 5) is 12.1. The molecule has 0 fully saturated rings. The molecule has 0 aliphatic carbocycles. The zero-order valence-corrected chi connectivity index (χ0v) is 12.7. The summed E-state index contributed by atoms with van der Waals surface area (Å²) in [5.41, 5.74) is 3.22. The molecule has 3 aromatic carbocycles. The van der Waals surface area contributed by atoms with Gasteiger partial charge in [-0.25, -0.2) is 4.79 Å². The molecule has 0 aliphatic heterocycles. The summed E-state index contributed by atoms with van der Waals surface area (Å²) < 4.78 is 5.37. The summed E-state index contributed by atoms with van der Waals surface area (Å²) in [7, 11) is 0. The van der Waals surface area contributed by atoms with Crippen molar-refractivity contribution in [2.45, 2.75) is 6.92 Å². The lowest BCUT2D eigenvalue weighted by Crippen LogP contribution is -2.08. The number of esters is 1. The first-order chi connectivity index (χ1) is 11.1. The maximum absolute atomic E-state index is 12.1. The third-order valence-corrected chi connectivity index (χ3v) is 3.60. The first kappa shape index (κ1) is 14.9. The van der Waals surface area contributed by atoms with Crippen molar-refractivity contribution >= 4 is 5.97 Å². The summed E-state index contributed by atoms with van der Waals surface area (Å²) in [6.07, 6.45) is 0. The van der Waals surface area contributed by atoms with E-state index in [1.807, 2.05) is 42.5 Å². The standard InChI is InChI=1S/C20H16O3/c1-14-13-17(9-12-19(14)21)20(22)23-18-10-7-16(8-11-18)15-5-3-2-4-6-15/h2-13,21H,1H3. The van der Waals surface area contributed by atoms with Crippen LogP contribution in [0.1, 0.15) is 15.9 Å². The van der Waals surface area contributed by atoms with Gasteiger partial charge in [0.25, 0.3) is 0 Å². The quantitative estimate of drug-likeness (QED) is 0.569. The van der Waals surface area contributed by atoms with E-state index < -0.39 is 5.97 Å². The number of carbonyl (C=O) groups is 1. The first-order valence-corrected chi connectivity index (χ1v) is 7.31. The van der Waals surface area contributed by atoms with Crippen LogP contribution in [-0.4, -0.2) is 11.1 Å². The molecular formula is C20H16O3. The van der Waals surface area contributed by atoms with E-state index in [2.05, 4.69) is 0 Å². The van der Waals surface area contributed by atoms with Crippen LogP contribution in [0, 0.1) is 6.92 Å². The predicted molar refractivity (Wildman–Crippen MR) is 89.7 cm³/mol. The van der Waals surface area contributed by atoms with Crippen LogP contribution in [-0.2, 0) is 0 Å². The highest BCUT2D eigenvalue weighted by Gasteiger charge is 2.10. The van der Waals surface area contributed by atoms with Crippen molar-refractivity contribution in [2.24, 2.45) is 0 Å². The van der Waals surface area contributed by atoms with Crippen molar-refractivity contribution in [1.29, 1.82) is 0 Å². The van der Waals surface area contributed by atoms with Gasteiger partial charge >= 0.3 is 5.97 Å². The van der Waals surface area contributed by atoms with Crippen LogP contribution in [0.5, 0.6) is 11.5 Å². The molecule has 3 aromatic rings. The van der Waals surface area contributed by atoms with Gasteiger partial charge in [0.1, 0.15) is 11.5 Å². The minimum absolute atomic E-state index is 0.161. The van der Waals surface area contributed by atoms with E-state index in [0.717, 1.165) is 11.1 Å². The van der Waals surface area contributed by atoms with Crippen LogP contribution >= 0.6 is 0 Å². The molecule has 0 atom stereocenters. The summed E-state index contributed by atoms with van der Waals surface area (Å²) in [5, 5.41) is 9.50. The van der Waals surface area contributed by atoms with Crippen LogP contribution in [0.3, 0.4) is 0 Å². The Morgan fingerprint density at radius 1 is 0.870 bits per heavy atom. The molecule has 0 unspecified atom stereocenters. The topological polar surface area (TPSA) is 46.5 Å². The number of carbonyl (C=O) groups excluding carboxylic acids is 1. The first-order valence-electron chi connectivity index (χ1n) is 7.31. The second-order valence-electron chi connectivity index (χ2n) is 5.28. The van der Waals surface area contributed by atoms with Crippen LogP contribution in [0.2, 0.25) is 0 Å². The molecule has 0 radical (unpaired) electrons. The number of phenolic OH excluding ortho intramolecular Hbond substituents is 1. The van der Waals surface area contributed by atoms with Crippen molar-refractivity contribution in [2.75, 3.05) is 0 Å². The van der Waals surface area contributed by atoms with Gasteiger partial charge in [-0.15, -0.1) is 0 Å². The predicted octanol–water partition coefficient (Wildman–Crippen LogP) is 4.59. The molecule has 114 valence electrons. The van der Waals surface area contributed by atoms with Gasteiger partial charge in [-0.2, -0.15) is 0 Å². The third-order valence-electron chi connectivity index (χ3n) is 3.60. The highest BCUT2D eigenvalue weighted by Crippen LogP contribution is 2.23. The van der Waals surface area contributed by atoms with Gasteiger partial charge in [0.05, 0.1) is 5.56 Å². The summed E-state index contributed by atoms with van der Waals surface area (Å²) in [6, 6.07) is 22.0. The van der Waals surface area contributed by atoms with Crippen molar-refractivity contribution in [1.82, 2.24) is 0 Å². The highest BCUT2D eigenvalue weighted by molar-refractivity contribution is 5.91. The fourth-order valence-electron chi connectivity index (χ4n) is 2.29. The number of benzene rings is 3. The lowest BCUT2D eigenvalue weighted by atomic mass is 10.1. The Hall–Kier alpha value is -3.07. The Morgan fingerprint density at radius 2 is 1.52 bits per heavy atom. The van der Waals surface area contributed by atoms with Gasteiger partial charge < -0.3 is 9.84 Å². The number of aromatic hydroxyl groups is 1. The average molecular weight is 304 g/mol. The molecule has 3 rings (SSSR count). The second kappa shape index (κ2) is 6.36. The molecule has 0 aromatic heterocycles. The SMILES string of the molecule is Cc1cc(C(=O)Oc2ccc(-c3ccccc3)cc2)ccc1O. The molecule has 3 heteroatoms. The Morgan fingerprint density at radius 3 is 2.17 bits per heavy atom. The Balaban J connectivity index is 1.75. The molecule has 0 heterocycles. The fraction of sp³-hybridized carbons (Fsp3) is 0.0500. The Bertz CT molecular complexity index is 821. The summed E-state index contributed by atoms with van der Waals surface area (Å²) in [5.74, 6) is 0.203. The van der Waals surface area contributed by atoms with Gasteiger partial charge in [0.15, 0.2) is 0 Å². The minimum atomic E-state index is -0.444. The average Bonchev–Trinajstić information content (AvgIpc) is 2.59. The van der Waals surface area contributed by atoms with Crippen LogP contribution in [0.25, 0.3) is 11.1 Å². The van der Waals surface area contributed by atoms with Crippen molar-refractivity contribution < 1.29 is 14.6 Å². The van der Waals surface area contributed by atoms with Crippen molar-refractivity contribution in [3.63, 3.8) is 0 Å². The van der Waals surface area contributed by atoms with Crippen LogP contribution < -0.4 is 4.74 Å². The third kappa shape index (κ3) is 3.40. The smallest absolute Gasteiger partial charge is 0.343 e. The van der Waals surface area contributed by atoms with Gasteiger partial charge in [-0.1, -0.05) is 42.5 Å². The maximum Gasteiger partial charge on any atom is 0.343 e. The number of hydrogen-bond acceptors (Lipinski definition) is 3.